The van der Waals surface area contributed by atoms with Crippen LogP contribution in [0.2, 0.25) is 0 Å². The molecule has 0 fully saturated rings. The van der Waals surface area contributed by atoms with Gasteiger partial charge in [0.1, 0.15) is 6.54 Å². The van der Waals surface area contributed by atoms with E-state index in [1.165, 1.54) is 12.1 Å². The molecule has 0 spiro atoms. The van der Waals surface area contributed by atoms with Gasteiger partial charge in [0.2, 0.25) is 0 Å². The molecule has 0 radical (unpaired) electrons. The number of nitrogens with zero attached hydrogens (tertiary/aromatic N) is 2. The molecule has 0 aromatic heterocycles. The van der Waals surface area contributed by atoms with Crippen molar-refractivity contribution in [3.63, 3.8) is 0 Å². The third-order valence-corrected chi connectivity index (χ3v) is 2.81. The first-order chi connectivity index (χ1) is 8.38. The van der Waals surface area contributed by atoms with Crippen LogP contribution in [0.15, 0.2) is 24.3 Å². The van der Waals surface area contributed by atoms with E-state index in [1.807, 2.05) is 5.32 Å². The van der Waals surface area contributed by atoms with E-state index < -0.39 is 14.9 Å². The minimum absolute atomic E-state index is 0.0572. The van der Waals surface area contributed by atoms with Gasteiger partial charge < -0.3 is 10.0 Å². The highest BCUT2D eigenvalue weighted by Crippen LogP contribution is 2.11. The number of rotatable bonds is 7. The molecule has 1 rings (SSSR count). The summed E-state index contributed by atoms with van der Waals surface area (Å²) in [6.45, 7) is 1.30. The molecular weight excluding hydrogens is 258 g/mol. The van der Waals surface area contributed by atoms with Crippen molar-refractivity contribution in [1.29, 1.82) is 0 Å². The number of sulfonamides is 1. The summed E-state index contributed by atoms with van der Waals surface area (Å²) >= 11 is 0. The first-order valence-electron chi connectivity index (χ1n) is 5.32. The van der Waals surface area contributed by atoms with Crippen molar-refractivity contribution < 1.29 is 18.7 Å². The summed E-state index contributed by atoms with van der Waals surface area (Å²) in [4.78, 5) is 10.1. The van der Waals surface area contributed by atoms with Crippen LogP contribution in [0.4, 0.5) is 5.69 Å². The normalized spacial score (nSPS) is 11.4. The number of hydrogen-bond acceptors (Lipinski definition) is 4. The Hall–Kier alpha value is -1.51. The smallest absolute Gasteiger partial charge is 0.269 e. The number of nitrogens with two attached hydrogens (primary N) is 1. The van der Waals surface area contributed by atoms with Crippen LogP contribution < -0.4 is 5.32 Å². The van der Waals surface area contributed by atoms with E-state index in [0.29, 0.717) is 13.1 Å². The minimum Gasteiger partial charge on any atom is -0.545 e. The van der Waals surface area contributed by atoms with E-state index in [1.54, 1.807) is 12.1 Å². The van der Waals surface area contributed by atoms with Crippen molar-refractivity contribution in [2.45, 2.75) is 6.54 Å². The van der Waals surface area contributed by atoms with Crippen LogP contribution in [0.25, 0.3) is 4.72 Å². The molecule has 0 aliphatic rings. The molecule has 7 nitrogen and oxygen atoms in total. The standard InChI is InChI=1S/C10H14N3O4S/c1-18(16,17)12-6-5-11-8-9-3-2-4-10(7-9)13(14)15/h2-4,7,11H,5-6,8H2,1H3/q-1/p+1. The van der Waals surface area contributed by atoms with Crippen LogP contribution in [0.1, 0.15) is 5.56 Å². The molecule has 2 N–H and O–H groups in total. The Morgan fingerprint density at radius 2 is 2.17 bits per heavy atom. The third-order valence-electron chi connectivity index (χ3n) is 2.16. The lowest BCUT2D eigenvalue weighted by Crippen LogP contribution is -2.83. The first-order valence-corrected chi connectivity index (χ1v) is 7.17. The van der Waals surface area contributed by atoms with Crippen molar-refractivity contribution in [1.82, 2.24) is 0 Å². The molecule has 100 valence electrons. The summed E-state index contributed by atoms with van der Waals surface area (Å²) in [5.74, 6) is 0. The van der Waals surface area contributed by atoms with Gasteiger partial charge in [0, 0.05) is 24.0 Å². The number of nitro groups is 1. The van der Waals surface area contributed by atoms with E-state index in [2.05, 4.69) is 4.72 Å². The second kappa shape index (κ2) is 6.43. The molecule has 0 atom stereocenters. The second-order valence-electron chi connectivity index (χ2n) is 3.79. The minimum atomic E-state index is -3.27. The van der Waals surface area contributed by atoms with Gasteiger partial charge in [-0.1, -0.05) is 18.7 Å². The molecule has 0 aliphatic heterocycles. The van der Waals surface area contributed by atoms with Crippen molar-refractivity contribution in [3.05, 3.63) is 44.7 Å². The Morgan fingerprint density at radius 3 is 2.78 bits per heavy atom. The molecule has 8 heteroatoms. The van der Waals surface area contributed by atoms with E-state index in [0.717, 1.165) is 11.8 Å². The molecule has 0 heterocycles. The summed E-state index contributed by atoms with van der Waals surface area (Å²) in [5, 5.41) is 12.4. The third kappa shape index (κ3) is 5.71. The van der Waals surface area contributed by atoms with E-state index in [9.17, 15) is 18.5 Å². The van der Waals surface area contributed by atoms with Crippen molar-refractivity contribution in [2.24, 2.45) is 0 Å². The molecule has 0 aliphatic carbocycles. The maximum absolute atomic E-state index is 10.7. The summed E-state index contributed by atoms with van der Waals surface area (Å²) < 4.78 is 24.9. The van der Waals surface area contributed by atoms with Crippen LogP contribution in [-0.2, 0) is 16.6 Å². The Kier molecular flexibility index (Phi) is 5.20. The van der Waals surface area contributed by atoms with E-state index in [-0.39, 0.29) is 12.2 Å². The average Bonchev–Trinajstić information content (AvgIpc) is 2.27. The number of hydrogen-bond donors (Lipinski definition) is 1. The fraction of sp³-hybridized carbons (Fsp3) is 0.400. The molecule has 0 amide bonds. The lowest BCUT2D eigenvalue weighted by Gasteiger charge is -2.14. The van der Waals surface area contributed by atoms with Crippen LogP contribution in [0, 0.1) is 10.1 Å². The average molecular weight is 273 g/mol. The zero-order valence-electron chi connectivity index (χ0n) is 9.94. The lowest BCUT2D eigenvalue weighted by molar-refractivity contribution is -0.667. The van der Waals surface area contributed by atoms with E-state index >= 15 is 0 Å². The highest BCUT2D eigenvalue weighted by atomic mass is 32.2. The summed E-state index contributed by atoms with van der Waals surface area (Å²) in [5.41, 5.74) is 0.880. The van der Waals surface area contributed by atoms with Gasteiger partial charge >= 0.3 is 0 Å². The maximum Gasteiger partial charge on any atom is 0.269 e. The van der Waals surface area contributed by atoms with Gasteiger partial charge in [0.25, 0.3) is 5.69 Å². The van der Waals surface area contributed by atoms with Crippen molar-refractivity contribution >= 4 is 15.7 Å². The van der Waals surface area contributed by atoms with Gasteiger partial charge in [-0.05, 0) is 0 Å². The zero-order valence-corrected chi connectivity index (χ0v) is 10.8. The second-order valence-corrected chi connectivity index (χ2v) is 5.52. The van der Waals surface area contributed by atoms with Crippen molar-refractivity contribution in [3.8, 4) is 0 Å². The molecule has 1 aromatic carbocycles. The van der Waals surface area contributed by atoms with E-state index in [4.69, 9.17) is 0 Å². The van der Waals surface area contributed by atoms with Crippen LogP contribution >= 0.6 is 0 Å². The zero-order chi connectivity index (χ0) is 13.6. The van der Waals surface area contributed by atoms with Gasteiger partial charge in [-0.25, -0.2) is 8.42 Å². The molecule has 18 heavy (non-hydrogen) atoms. The van der Waals surface area contributed by atoms with Crippen molar-refractivity contribution in [2.75, 3.05) is 19.3 Å². The molecule has 0 bridgehead atoms. The highest BCUT2D eigenvalue weighted by molar-refractivity contribution is 7.93. The SMILES string of the molecule is CS(=O)(=O)[N-]CC[NH2+]Cc1cccc([N+](=O)[O-])c1. The predicted octanol–water partition coefficient (Wildman–Crippen LogP) is -0.00850. The number of benzene rings is 1. The fourth-order valence-corrected chi connectivity index (χ4v) is 1.81. The van der Waals surface area contributed by atoms with Gasteiger partial charge in [-0.15, -0.1) is 0 Å². The van der Waals surface area contributed by atoms with Gasteiger partial charge in [0.15, 0.2) is 0 Å². The van der Waals surface area contributed by atoms with Crippen LogP contribution in [0.3, 0.4) is 0 Å². The molecular formula is C10H15N3O4S. The fourth-order valence-electron chi connectivity index (χ4n) is 1.38. The monoisotopic (exact) mass is 273 g/mol. The molecule has 1 aromatic rings. The molecule has 0 saturated carbocycles. The Labute approximate surface area is 105 Å². The van der Waals surface area contributed by atoms with Gasteiger partial charge in [-0.2, -0.15) is 0 Å². The predicted molar refractivity (Wildman–Crippen MR) is 66.7 cm³/mol. The number of quaternary nitrogens is 1. The maximum atomic E-state index is 10.7. The molecule has 0 saturated heterocycles. The summed E-state index contributed by atoms with van der Waals surface area (Å²) in [6, 6.07) is 6.35. The largest absolute Gasteiger partial charge is 0.545 e. The Morgan fingerprint density at radius 1 is 1.44 bits per heavy atom. The summed E-state index contributed by atoms with van der Waals surface area (Å²) in [7, 11) is -3.27. The van der Waals surface area contributed by atoms with Gasteiger partial charge in [0.05, 0.1) is 21.5 Å². The quantitative estimate of drug-likeness (QED) is 0.428. The Balaban J connectivity index is 2.36. The number of nitro benzene ring substituents is 1. The Bertz CT molecular complexity index is 516. The lowest BCUT2D eigenvalue weighted by atomic mass is 10.2. The summed E-state index contributed by atoms with van der Waals surface area (Å²) in [6.07, 6.45) is 1.05. The van der Waals surface area contributed by atoms with Crippen LogP contribution in [-0.4, -0.2) is 32.7 Å². The van der Waals surface area contributed by atoms with Crippen LogP contribution in [0.5, 0.6) is 0 Å². The first kappa shape index (κ1) is 14.6. The topological polar surface area (TPSA) is 108 Å². The number of non-ortho nitro benzene ring substituents is 1. The van der Waals surface area contributed by atoms with Gasteiger partial charge in [-0.3, -0.25) is 10.1 Å². The molecule has 0 unspecified atom stereocenters. The highest BCUT2D eigenvalue weighted by Gasteiger charge is 2.05.